The van der Waals surface area contributed by atoms with E-state index in [0.717, 1.165) is 29.7 Å². The molecule has 0 radical (unpaired) electrons. The van der Waals surface area contributed by atoms with Crippen LogP contribution in [-0.2, 0) is 16.2 Å². The van der Waals surface area contributed by atoms with Gasteiger partial charge in [0.2, 0.25) is 10.0 Å². The Labute approximate surface area is 183 Å². The Morgan fingerprint density at radius 1 is 1.06 bits per heavy atom. The van der Waals surface area contributed by atoms with Gasteiger partial charge in [-0.15, -0.1) is 0 Å². The molecule has 6 nitrogen and oxygen atoms in total. The lowest BCUT2D eigenvalue weighted by molar-refractivity contribution is -0.137. The monoisotopic (exact) mass is 463 g/mol. The van der Waals surface area contributed by atoms with Gasteiger partial charge in [-0.1, -0.05) is 12.1 Å². The molecule has 168 valence electrons. The van der Waals surface area contributed by atoms with Crippen LogP contribution < -0.4 is 0 Å². The van der Waals surface area contributed by atoms with Crippen molar-refractivity contribution in [2.45, 2.75) is 24.0 Å². The van der Waals surface area contributed by atoms with E-state index in [1.54, 1.807) is 36.4 Å². The third-order valence-corrected chi connectivity index (χ3v) is 7.46. The van der Waals surface area contributed by atoms with Crippen LogP contribution in [0.3, 0.4) is 0 Å². The fraction of sp³-hybridized carbons (Fsp3) is 0.273. The average Bonchev–Trinajstić information content (AvgIpc) is 2.77. The van der Waals surface area contributed by atoms with Crippen molar-refractivity contribution in [3.05, 3.63) is 72.1 Å². The largest absolute Gasteiger partial charge is 0.416 e. The minimum atomic E-state index is -4.54. The summed E-state index contributed by atoms with van der Waals surface area (Å²) in [4.78, 5) is 18.7. The van der Waals surface area contributed by atoms with Crippen molar-refractivity contribution < 1.29 is 26.4 Å². The normalized spacial score (nSPS) is 18.1. The predicted molar refractivity (Wildman–Crippen MR) is 112 cm³/mol. The number of fused-ring (bicyclic) bond motifs is 1. The number of carbonyl (C=O) groups is 1. The SMILES string of the molecule is CC1CN(S(=O)(=O)c2ccc(C(F)(F)F)cc2)CCN1C(=O)c1cccc2ccncc12. The Balaban J connectivity index is 1.53. The van der Waals surface area contributed by atoms with E-state index in [1.165, 1.54) is 4.31 Å². The maximum Gasteiger partial charge on any atom is 0.416 e. The maximum atomic E-state index is 13.2. The van der Waals surface area contributed by atoms with Gasteiger partial charge in [-0.05, 0) is 48.7 Å². The van der Waals surface area contributed by atoms with Crippen LogP contribution in [0.15, 0.2) is 65.8 Å². The van der Waals surface area contributed by atoms with Crippen LogP contribution in [-0.4, -0.2) is 54.2 Å². The molecule has 3 aromatic rings. The van der Waals surface area contributed by atoms with Gasteiger partial charge in [0.1, 0.15) is 0 Å². The van der Waals surface area contributed by atoms with Crippen LogP contribution >= 0.6 is 0 Å². The fourth-order valence-corrected chi connectivity index (χ4v) is 5.38. The van der Waals surface area contributed by atoms with Gasteiger partial charge >= 0.3 is 6.18 Å². The van der Waals surface area contributed by atoms with Crippen molar-refractivity contribution in [3.8, 4) is 0 Å². The van der Waals surface area contributed by atoms with E-state index in [9.17, 15) is 26.4 Å². The summed E-state index contributed by atoms with van der Waals surface area (Å²) in [7, 11) is -3.99. The molecule has 1 saturated heterocycles. The Morgan fingerprint density at radius 3 is 2.44 bits per heavy atom. The first-order chi connectivity index (χ1) is 15.1. The number of aromatic nitrogens is 1. The summed E-state index contributed by atoms with van der Waals surface area (Å²) in [5.41, 5.74) is -0.425. The molecule has 4 rings (SSSR count). The third kappa shape index (κ3) is 4.07. The smallest absolute Gasteiger partial charge is 0.333 e. The summed E-state index contributed by atoms with van der Waals surface area (Å²) >= 11 is 0. The number of hydrogen-bond donors (Lipinski definition) is 0. The van der Waals surface area contributed by atoms with E-state index >= 15 is 0 Å². The first-order valence-corrected chi connectivity index (χ1v) is 11.3. The lowest BCUT2D eigenvalue weighted by Gasteiger charge is -2.39. The molecule has 0 saturated carbocycles. The molecule has 1 aromatic heterocycles. The molecule has 2 heterocycles. The van der Waals surface area contributed by atoms with E-state index in [1.807, 2.05) is 12.1 Å². The van der Waals surface area contributed by atoms with E-state index in [2.05, 4.69) is 4.98 Å². The number of sulfonamides is 1. The lowest BCUT2D eigenvalue weighted by atomic mass is 10.0. The van der Waals surface area contributed by atoms with Gasteiger partial charge in [-0.25, -0.2) is 8.42 Å². The van der Waals surface area contributed by atoms with Gasteiger partial charge in [0.25, 0.3) is 5.91 Å². The molecular weight excluding hydrogens is 443 g/mol. The van der Waals surface area contributed by atoms with E-state index in [-0.39, 0.29) is 30.4 Å². The van der Waals surface area contributed by atoms with E-state index in [4.69, 9.17) is 0 Å². The molecule has 1 amide bonds. The molecular formula is C22H20F3N3O3S. The summed E-state index contributed by atoms with van der Waals surface area (Å²) in [6.45, 7) is 1.99. The first-order valence-electron chi connectivity index (χ1n) is 9.90. The number of nitrogens with zero attached hydrogens (tertiary/aromatic N) is 3. The Kier molecular flexibility index (Phi) is 5.68. The maximum absolute atomic E-state index is 13.2. The first kappa shape index (κ1) is 22.2. The Bertz CT molecular complexity index is 1260. The molecule has 10 heteroatoms. The summed E-state index contributed by atoms with van der Waals surface area (Å²) in [6, 6.07) is 10.2. The molecule has 0 spiro atoms. The average molecular weight is 463 g/mol. The van der Waals surface area contributed by atoms with Gasteiger partial charge < -0.3 is 4.90 Å². The topological polar surface area (TPSA) is 70.6 Å². The van der Waals surface area contributed by atoms with Crippen LogP contribution in [0.2, 0.25) is 0 Å². The number of halogens is 3. The number of rotatable bonds is 3. The number of alkyl halides is 3. The zero-order valence-corrected chi connectivity index (χ0v) is 17.9. The van der Waals surface area contributed by atoms with Crippen LogP contribution in [0.4, 0.5) is 13.2 Å². The minimum Gasteiger partial charge on any atom is -0.333 e. The number of benzene rings is 2. The van der Waals surface area contributed by atoms with Crippen LogP contribution in [0.5, 0.6) is 0 Å². The van der Waals surface area contributed by atoms with Crippen molar-refractivity contribution in [1.82, 2.24) is 14.2 Å². The minimum absolute atomic E-state index is 0.0398. The standard InChI is InChI=1S/C22H20F3N3O3S/c1-15-14-27(32(30,31)18-7-5-17(6-8-18)22(23,24)25)11-12-28(15)21(29)19-4-2-3-16-9-10-26-13-20(16)19/h2-10,13,15H,11-12,14H2,1H3. The Morgan fingerprint density at radius 2 is 1.78 bits per heavy atom. The highest BCUT2D eigenvalue weighted by Gasteiger charge is 2.36. The summed E-state index contributed by atoms with van der Waals surface area (Å²) in [5.74, 6) is -0.220. The second kappa shape index (κ2) is 8.18. The van der Waals surface area contributed by atoms with Gasteiger partial charge in [-0.2, -0.15) is 17.5 Å². The molecule has 2 aromatic carbocycles. The molecule has 0 N–H and O–H groups in total. The molecule has 0 bridgehead atoms. The van der Waals surface area contributed by atoms with Crippen molar-refractivity contribution in [3.63, 3.8) is 0 Å². The third-order valence-electron chi connectivity index (χ3n) is 5.58. The van der Waals surface area contributed by atoms with Crippen molar-refractivity contribution >= 4 is 26.7 Å². The summed E-state index contributed by atoms with van der Waals surface area (Å²) in [5, 5.41) is 1.59. The molecule has 32 heavy (non-hydrogen) atoms. The van der Waals surface area contributed by atoms with Gasteiger partial charge in [-0.3, -0.25) is 9.78 Å². The van der Waals surface area contributed by atoms with Crippen molar-refractivity contribution in [1.29, 1.82) is 0 Å². The fourth-order valence-electron chi connectivity index (χ4n) is 3.86. The summed E-state index contributed by atoms with van der Waals surface area (Å²) in [6.07, 6.45) is -1.28. The van der Waals surface area contributed by atoms with Crippen LogP contribution in [0, 0.1) is 0 Å². The van der Waals surface area contributed by atoms with Crippen LogP contribution in [0.1, 0.15) is 22.8 Å². The molecule has 1 fully saturated rings. The molecule has 0 aliphatic carbocycles. The number of hydrogen-bond acceptors (Lipinski definition) is 4. The molecule has 1 atom stereocenters. The molecule has 1 aliphatic heterocycles. The van der Waals surface area contributed by atoms with Crippen molar-refractivity contribution in [2.75, 3.05) is 19.6 Å². The number of pyridine rings is 1. The second-order valence-corrected chi connectivity index (χ2v) is 9.57. The van der Waals surface area contributed by atoms with Gasteiger partial charge in [0.15, 0.2) is 0 Å². The Hall–Kier alpha value is -2.98. The molecule has 1 unspecified atom stereocenters. The number of piperazine rings is 1. The zero-order valence-electron chi connectivity index (χ0n) is 17.1. The summed E-state index contributed by atoms with van der Waals surface area (Å²) < 4.78 is 65.4. The zero-order chi connectivity index (χ0) is 23.1. The quantitative estimate of drug-likeness (QED) is 0.593. The van der Waals surface area contributed by atoms with E-state index in [0.29, 0.717) is 10.9 Å². The lowest BCUT2D eigenvalue weighted by Crippen LogP contribution is -2.55. The van der Waals surface area contributed by atoms with Gasteiger partial charge in [0, 0.05) is 49.0 Å². The molecule has 1 aliphatic rings. The number of amides is 1. The predicted octanol–water partition coefficient (Wildman–Crippen LogP) is 3.79. The van der Waals surface area contributed by atoms with Crippen molar-refractivity contribution in [2.24, 2.45) is 0 Å². The van der Waals surface area contributed by atoms with Gasteiger partial charge in [0.05, 0.1) is 10.5 Å². The van der Waals surface area contributed by atoms with E-state index < -0.39 is 27.8 Å². The second-order valence-electron chi connectivity index (χ2n) is 7.64. The highest BCUT2D eigenvalue weighted by molar-refractivity contribution is 7.89. The van der Waals surface area contributed by atoms with Crippen LogP contribution in [0.25, 0.3) is 10.8 Å². The number of carbonyl (C=O) groups excluding carboxylic acids is 1. The highest BCUT2D eigenvalue weighted by Crippen LogP contribution is 2.31. The highest BCUT2D eigenvalue weighted by atomic mass is 32.2.